The molecule has 7 heteroatoms. The van der Waals surface area contributed by atoms with Crippen LogP contribution in [0.2, 0.25) is 5.02 Å². The van der Waals surface area contributed by atoms with Crippen LogP contribution in [0.3, 0.4) is 0 Å². The summed E-state index contributed by atoms with van der Waals surface area (Å²) in [5, 5.41) is 10.8. The highest BCUT2D eigenvalue weighted by molar-refractivity contribution is 8.12. The fraction of sp³-hybridized carbons (Fsp3) is 0.231. The van der Waals surface area contributed by atoms with Gasteiger partial charge in [-0.2, -0.15) is 14.0 Å². The number of nitrogens with zero attached hydrogens (tertiary/aromatic N) is 1. The van der Waals surface area contributed by atoms with Crippen LogP contribution in [0, 0.1) is 10.7 Å². The molecule has 0 aromatic heterocycles. The molecule has 0 amide bonds. The molecule has 0 spiro atoms. The molecule has 0 saturated carbocycles. The number of halogens is 3. The SMILES string of the molecule is CCOC(=O)C(F)(F)/C=C(/SC#N)c1ccc(Cl)cc1. The molecule has 0 aliphatic rings. The number of thioether (sulfide) groups is 1. The lowest BCUT2D eigenvalue weighted by Gasteiger charge is -2.12. The predicted octanol–water partition coefficient (Wildman–Crippen LogP) is 4.09. The molecule has 0 saturated heterocycles. The van der Waals surface area contributed by atoms with E-state index in [4.69, 9.17) is 16.9 Å². The maximum atomic E-state index is 13.6. The molecule has 0 atom stereocenters. The number of benzene rings is 1. The van der Waals surface area contributed by atoms with Crippen LogP contribution < -0.4 is 0 Å². The average molecular weight is 318 g/mol. The monoisotopic (exact) mass is 317 g/mol. The first-order valence-electron chi connectivity index (χ1n) is 5.50. The lowest BCUT2D eigenvalue weighted by Crippen LogP contribution is -2.28. The van der Waals surface area contributed by atoms with E-state index in [-0.39, 0.29) is 11.5 Å². The van der Waals surface area contributed by atoms with Crippen LogP contribution in [0.15, 0.2) is 30.3 Å². The number of alkyl halides is 2. The van der Waals surface area contributed by atoms with Crippen LogP contribution in [-0.2, 0) is 9.53 Å². The molecule has 0 fully saturated rings. The van der Waals surface area contributed by atoms with Gasteiger partial charge >= 0.3 is 11.9 Å². The highest BCUT2D eigenvalue weighted by Crippen LogP contribution is 2.32. The molecule has 0 aliphatic carbocycles. The molecule has 0 heterocycles. The third-order valence-corrected chi connectivity index (χ3v) is 3.06. The van der Waals surface area contributed by atoms with E-state index in [9.17, 15) is 13.6 Å². The van der Waals surface area contributed by atoms with Crippen LogP contribution in [0.1, 0.15) is 12.5 Å². The van der Waals surface area contributed by atoms with Crippen LogP contribution in [0.5, 0.6) is 0 Å². The van der Waals surface area contributed by atoms with Gasteiger partial charge < -0.3 is 4.74 Å². The summed E-state index contributed by atoms with van der Waals surface area (Å²) in [6.07, 6.45) is 0.419. The lowest BCUT2D eigenvalue weighted by molar-refractivity contribution is -0.164. The summed E-state index contributed by atoms with van der Waals surface area (Å²) >= 11 is 6.24. The third kappa shape index (κ3) is 4.51. The van der Waals surface area contributed by atoms with Gasteiger partial charge in [0.1, 0.15) is 5.40 Å². The van der Waals surface area contributed by atoms with Crippen molar-refractivity contribution in [3.63, 3.8) is 0 Å². The molecular weight excluding hydrogens is 308 g/mol. The number of rotatable bonds is 5. The van der Waals surface area contributed by atoms with E-state index < -0.39 is 11.9 Å². The van der Waals surface area contributed by atoms with Crippen molar-refractivity contribution in [2.45, 2.75) is 12.8 Å². The van der Waals surface area contributed by atoms with Crippen LogP contribution in [-0.4, -0.2) is 18.5 Å². The smallest absolute Gasteiger partial charge is 0.381 e. The Kier molecular flexibility index (Phi) is 5.99. The van der Waals surface area contributed by atoms with E-state index in [2.05, 4.69) is 4.74 Å². The molecule has 0 radical (unpaired) electrons. The first-order valence-corrected chi connectivity index (χ1v) is 6.70. The zero-order valence-corrected chi connectivity index (χ0v) is 12.0. The molecular formula is C13H10ClF2NO2S. The minimum absolute atomic E-state index is 0.0396. The highest BCUT2D eigenvalue weighted by Gasteiger charge is 2.38. The summed E-state index contributed by atoms with van der Waals surface area (Å²) in [6, 6.07) is 5.98. The Morgan fingerprint density at radius 2 is 2.10 bits per heavy atom. The summed E-state index contributed by atoms with van der Waals surface area (Å²) in [6.45, 7) is 1.28. The lowest BCUT2D eigenvalue weighted by atomic mass is 10.2. The first-order chi connectivity index (χ1) is 9.40. The van der Waals surface area contributed by atoms with Gasteiger partial charge in [-0.05, 0) is 36.4 Å². The first kappa shape index (κ1) is 16.5. The number of ether oxygens (including phenoxy) is 1. The standard InChI is InChI=1S/C13H10ClF2NO2S/c1-2-19-12(18)13(15,16)7-11(20-8-17)9-3-5-10(14)6-4-9/h3-7H,2H2,1H3/b11-7+. The molecule has 1 rings (SSSR count). The Balaban J connectivity index is 3.13. The van der Waals surface area contributed by atoms with Gasteiger partial charge in [0.25, 0.3) is 0 Å². The molecule has 1 aromatic carbocycles. The zero-order valence-electron chi connectivity index (χ0n) is 10.4. The maximum absolute atomic E-state index is 13.6. The van der Waals surface area contributed by atoms with Crippen molar-refractivity contribution >= 4 is 34.2 Å². The van der Waals surface area contributed by atoms with Gasteiger partial charge in [0.05, 0.1) is 6.61 Å². The average Bonchev–Trinajstić information content (AvgIpc) is 2.39. The fourth-order valence-corrected chi connectivity index (χ4v) is 1.97. The normalized spacial score (nSPS) is 11.8. The zero-order chi connectivity index (χ0) is 15.2. The summed E-state index contributed by atoms with van der Waals surface area (Å²) < 4.78 is 31.6. The van der Waals surface area contributed by atoms with E-state index in [0.717, 1.165) is 0 Å². The van der Waals surface area contributed by atoms with Crippen molar-refractivity contribution < 1.29 is 18.3 Å². The molecule has 0 aliphatic heterocycles. The quantitative estimate of drug-likeness (QED) is 0.606. The van der Waals surface area contributed by atoms with Crippen LogP contribution >= 0.6 is 23.4 Å². The number of carbonyl (C=O) groups excluding carboxylic acids is 1. The summed E-state index contributed by atoms with van der Waals surface area (Å²) in [5.74, 6) is -5.44. The van der Waals surface area contributed by atoms with Gasteiger partial charge in [-0.1, -0.05) is 23.7 Å². The summed E-state index contributed by atoms with van der Waals surface area (Å²) in [4.78, 5) is 11.1. The third-order valence-electron chi connectivity index (χ3n) is 2.14. The number of thiocyanates is 1. The van der Waals surface area contributed by atoms with Gasteiger partial charge in [-0.3, -0.25) is 0 Å². The van der Waals surface area contributed by atoms with Gasteiger partial charge in [0, 0.05) is 16.0 Å². The molecule has 0 unspecified atom stereocenters. The number of hydrogen-bond donors (Lipinski definition) is 0. The second-order valence-corrected chi connectivity index (χ2v) is 4.82. The number of esters is 1. The number of nitriles is 1. The summed E-state index contributed by atoms with van der Waals surface area (Å²) in [5.41, 5.74) is 0.366. The van der Waals surface area contributed by atoms with Gasteiger partial charge in [0.15, 0.2) is 0 Å². The minimum atomic E-state index is -3.80. The van der Waals surface area contributed by atoms with E-state index in [0.29, 0.717) is 28.4 Å². The second kappa shape index (κ2) is 7.27. The van der Waals surface area contributed by atoms with E-state index >= 15 is 0 Å². The second-order valence-electron chi connectivity index (χ2n) is 3.55. The van der Waals surface area contributed by atoms with E-state index in [1.807, 2.05) is 0 Å². The molecule has 20 heavy (non-hydrogen) atoms. The molecule has 1 aromatic rings. The number of hydrogen-bond acceptors (Lipinski definition) is 4. The van der Waals surface area contributed by atoms with Crippen molar-refractivity contribution in [1.29, 1.82) is 5.26 Å². The molecule has 0 bridgehead atoms. The molecule has 3 nitrogen and oxygen atoms in total. The van der Waals surface area contributed by atoms with Crippen molar-refractivity contribution in [3.05, 3.63) is 40.9 Å². The summed E-state index contributed by atoms with van der Waals surface area (Å²) in [7, 11) is 0. The Hall–Kier alpha value is -1.58. The topological polar surface area (TPSA) is 50.1 Å². The minimum Gasteiger partial charge on any atom is -0.461 e. The van der Waals surface area contributed by atoms with Crippen LogP contribution in [0.4, 0.5) is 8.78 Å². The Bertz CT molecular complexity index is 552. The Morgan fingerprint density at radius 1 is 1.50 bits per heavy atom. The number of carbonyl (C=O) groups is 1. The largest absolute Gasteiger partial charge is 0.461 e. The van der Waals surface area contributed by atoms with E-state index in [1.165, 1.54) is 31.2 Å². The Labute approximate surface area is 124 Å². The molecule has 0 N–H and O–H groups in total. The maximum Gasteiger partial charge on any atom is 0.381 e. The van der Waals surface area contributed by atoms with Gasteiger partial charge in [-0.15, -0.1) is 0 Å². The van der Waals surface area contributed by atoms with Crippen molar-refractivity contribution in [2.24, 2.45) is 0 Å². The highest BCUT2D eigenvalue weighted by atomic mass is 35.5. The van der Waals surface area contributed by atoms with Crippen molar-refractivity contribution in [3.8, 4) is 5.40 Å². The predicted molar refractivity (Wildman–Crippen MR) is 74.2 cm³/mol. The van der Waals surface area contributed by atoms with Gasteiger partial charge in [0.2, 0.25) is 0 Å². The van der Waals surface area contributed by atoms with Crippen LogP contribution in [0.25, 0.3) is 4.91 Å². The van der Waals surface area contributed by atoms with Crippen molar-refractivity contribution in [1.82, 2.24) is 0 Å². The Morgan fingerprint density at radius 3 is 2.60 bits per heavy atom. The van der Waals surface area contributed by atoms with Crippen molar-refractivity contribution in [2.75, 3.05) is 6.61 Å². The molecule has 106 valence electrons. The fourth-order valence-electron chi connectivity index (χ4n) is 1.29. The van der Waals surface area contributed by atoms with E-state index in [1.54, 1.807) is 5.40 Å². The van der Waals surface area contributed by atoms with Gasteiger partial charge in [-0.25, -0.2) is 4.79 Å².